The van der Waals surface area contributed by atoms with E-state index in [4.69, 9.17) is 29.6 Å². The molecule has 0 atom stereocenters. The second-order valence-corrected chi connectivity index (χ2v) is 6.50. The lowest BCUT2D eigenvalue weighted by atomic mass is 9.86. The maximum atomic E-state index is 12.0. The van der Waals surface area contributed by atoms with Gasteiger partial charge in [0.1, 0.15) is 4.99 Å². The van der Waals surface area contributed by atoms with Gasteiger partial charge in [0.25, 0.3) is 0 Å². The Labute approximate surface area is 136 Å². The zero-order valence-corrected chi connectivity index (χ0v) is 13.6. The summed E-state index contributed by atoms with van der Waals surface area (Å²) in [5.41, 5.74) is 6.87. The highest BCUT2D eigenvalue weighted by Gasteiger charge is 2.15. The first-order chi connectivity index (χ1) is 10.1. The average molecular weight is 325 g/mol. The lowest BCUT2D eigenvalue weighted by molar-refractivity contribution is -0.116. The van der Waals surface area contributed by atoms with E-state index in [0.717, 1.165) is 6.42 Å². The third-order valence-corrected chi connectivity index (χ3v) is 4.58. The molecule has 1 fully saturated rings. The van der Waals surface area contributed by atoms with E-state index < -0.39 is 0 Å². The molecule has 0 heterocycles. The zero-order valence-electron chi connectivity index (χ0n) is 12.0. The van der Waals surface area contributed by atoms with Gasteiger partial charge in [-0.1, -0.05) is 55.9 Å². The molecule has 1 aliphatic carbocycles. The molecule has 2 rings (SSSR count). The maximum Gasteiger partial charge on any atom is 0.224 e. The molecule has 1 amide bonds. The van der Waals surface area contributed by atoms with Crippen molar-refractivity contribution >= 4 is 40.4 Å². The number of carbonyl (C=O) groups is 1. The van der Waals surface area contributed by atoms with E-state index in [-0.39, 0.29) is 5.91 Å². The summed E-state index contributed by atoms with van der Waals surface area (Å²) in [6, 6.07) is 5.20. The number of nitrogens with one attached hydrogen (secondary N) is 1. The summed E-state index contributed by atoms with van der Waals surface area (Å²) in [6.07, 6.45) is 7.99. The second-order valence-electron chi connectivity index (χ2n) is 5.65. The van der Waals surface area contributed by atoms with Crippen LogP contribution in [-0.2, 0) is 4.79 Å². The van der Waals surface area contributed by atoms with E-state index in [1.165, 1.54) is 32.1 Å². The molecule has 1 aromatic carbocycles. The van der Waals surface area contributed by atoms with Crippen LogP contribution in [0.1, 0.15) is 50.5 Å². The van der Waals surface area contributed by atoms with Gasteiger partial charge in [0.15, 0.2) is 0 Å². The Hall–Kier alpha value is -1.13. The van der Waals surface area contributed by atoms with Gasteiger partial charge in [0.2, 0.25) is 5.91 Å². The van der Waals surface area contributed by atoms with Crippen molar-refractivity contribution in [3.05, 3.63) is 28.8 Å². The number of hydrogen-bond acceptors (Lipinski definition) is 2. The minimum Gasteiger partial charge on any atom is -0.389 e. The van der Waals surface area contributed by atoms with Gasteiger partial charge in [-0.25, -0.2) is 0 Å². The number of hydrogen-bond donors (Lipinski definition) is 2. The van der Waals surface area contributed by atoms with Crippen LogP contribution < -0.4 is 11.1 Å². The Morgan fingerprint density at radius 1 is 1.33 bits per heavy atom. The van der Waals surface area contributed by atoms with Crippen LogP contribution >= 0.6 is 23.8 Å². The molecule has 1 saturated carbocycles. The van der Waals surface area contributed by atoms with Crippen LogP contribution in [-0.4, -0.2) is 10.9 Å². The molecule has 0 spiro atoms. The van der Waals surface area contributed by atoms with Crippen LogP contribution in [0.5, 0.6) is 0 Å². The number of amides is 1. The largest absolute Gasteiger partial charge is 0.389 e. The number of nitrogens with two attached hydrogens (primary N) is 1. The van der Waals surface area contributed by atoms with Crippen molar-refractivity contribution in [2.45, 2.75) is 44.9 Å². The van der Waals surface area contributed by atoms with Crippen LogP contribution in [0, 0.1) is 5.92 Å². The van der Waals surface area contributed by atoms with Gasteiger partial charge in [-0.3, -0.25) is 4.79 Å². The predicted octanol–water partition coefficient (Wildman–Crippen LogP) is 4.27. The summed E-state index contributed by atoms with van der Waals surface area (Å²) >= 11 is 11.0. The highest BCUT2D eigenvalue weighted by atomic mass is 35.5. The van der Waals surface area contributed by atoms with Crippen molar-refractivity contribution in [2.24, 2.45) is 11.7 Å². The molecule has 5 heteroatoms. The SMILES string of the molecule is NC(=S)c1ccc(NC(=O)CCC2CCCCC2)c(Cl)c1. The molecule has 3 N–H and O–H groups in total. The first-order valence-electron chi connectivity index (χ1n) is 7.45. The summed E-state index contributed by atoms with van der Waals surface area (Å²) in [7, 11) is 0. The van der Waals surface area contributed by atoms with Crippen LogP contribution in [0.15, 0.2) is 18.2 Å². The minimum atomic E-state index is 0.0190. The molecule has 0 bridgehead atoms. The van der Waals surface area contributed by atoms with Crippen molar-refractivity contribution < 1.29 is 4.79 Å². The third kappa shape index (κ3) is 4.97. The third-order valence-electron chi connectivity index (χ3n) is 4.03. The fraction of sp³-hybridized carbons (Fsp3) is 0.500. The van der Waals surface area contributed by atoms with Crippen molar-refractivity contribution in [2.75, 3.05) is 5.32 Å². The minimum absolute atomic E-state index is 0.0190. The molecule has 0 unspecified atom stereocenters. The first-order valence-corrected chi connectivity index (χ1v) is 8.24. The van der Waals surface area contributed by atoms with Gasteiger partial charge in [0, 0.05) is 12.0 Å². The Bertz CT molecular complexity index is 527. The highest BCUT2D eigenvalue weighted by molar-refractivity contribution is 7.80. The lowest BCUT2D eigenvalue weighted by Gasteiger charge is -2.21. The average Bonchev–Trinajstić information content (AvgIpc) is 2.48. The van der Waals surface area contributed by atoms with Crippen molar-refractivity contribution in [3.8, 4) is 0 Å². The number of halogens is 1. The van der Waals surface area contributed by atoms with Crippen molar-refractivity contribution in [1.82, 2.24) is 0 Å². The van der Waals surface area contributed by atoms with Crippen molar-refractivity contribution in [1.29, 1.82) is 0 Å². The molecule has 0 aliphatic heterocycles. The molecule has 0 saturated heterocycles. The Morgan fingerprint density at radius 3 is 2.67 bits per heavy atom. The Morgan fingerprint density at radius 2 is 2.05 bits per heavy atom. The summed E-state index contributed by atoms with van der Waals surface area (Å²) in [5, 5.41) is 3.33. The fourth-order valence-electron chi connectivity index (χ4n) is 2.79. The van der Waals surface area contributed by atoms with E-state index in [9.17, 15) is 4.79 Å². The molecular formula is C16H21ClN2OS. The zero-order chi connectivity index (χ0) is 15.2. The van der Waals surface area contributed by atoms with Crippen LogP contribution in [0.2, 0.25) is 5.02 Å². The summed E-state index contributed by atoms with van der Waals surface area (Å²) < 4.78 is 0. The normalized spacial score (nSPS) is 15.7. The predicted molar refractivity (Wildman–Crippen MR) is 91.8 cm³/mol. The van der Waals surface area contributed by atoms with E-state index in [1.54, 1.807) is 18.2 Å². The van der Waals surface area contributed by atoms with Crippen molar-refractivity contribution in [3.63, 3.8) is 0 Å². The molecule has 114 valence electrons. The standard InChI is InChI=1S/C16H21ClN2OS/c17-13-10-12(16(18)21)7-8-14(13)19-15(20)9-6-11-4-2-1-3-5-11/h7-8,10-11H,1-6,9H2,(H2,18,21)(H,19,20). The van der Waals surface area contributed by atoms with Gasteiger partial charge < -0.3 is 11.1 Å². The highest BCUT2D eigenvalue weighted by Crippen LogP contribution is 2.28. The Balaban J connectivity index is 1.85. The van der Waals surface area contributed by atoms with Gasteiger partial charge in [0.05, 0.1) is 10.7 Å². The maximum absolute atomic E-state index is 12.0. The molecule has 0 radical (unpaired) electrons. The van der Waals surface area contributed by atoms with E-state index >= 15 is 0 Å². The molecule has 1 aliphatic rings. The van der Waals surface area contributed by atoms with Gasteiger partial charge in [-0.05, 0) is 30.5 Å². The van der Waals surface area contributed by atoms with Gasteiger partial charge in [-0.2, -0.15) is 0 Å². The quantitative estimate of drug-likeness (QED) is 0.795. The summed E-state index contributed by atoms with van der Waals surface area (Å²) in [6.45, 7) is 0. The molecule has 1 aromatic rings. The molecule has 0 aromatic heterocycles. The monoisotopic (exact) mass is 324 g/mol. The van der Waals surface area contributed by atoms with Crippen LogP contribution in [0.25, 0.3) is 0 Å². The second kappa shape index (κ2) is 7.76. The number of rotatable bonds is 5. The number of benzene rings is 1. The molecular weight excluding hydrogens is 304 g/mol. The number of thiocarbonyl (C=S) groups is 1. The van der Waals surface area contributed by atoms with E-state index in [1.807, 2.05) is 0 Å². The number of carbonyl (C=O) groups excluding carboxylic acids is 1. The first kappa shape index (κ1) is 16.2. The van der Waals surface area contributed by atoms with E-state index in [0.29, 0.717) is 33.6 Å². The summed E-state index contributed by atoms with van der Waals surface area (Å²) in [5.74, 6) is 0.725. The van der Waals surface area contributed by atoms with E-state index in [2.05, 4.69) is 5.32 Å². The van der Waals surface area contributed by atoms with Crippen LogP contribution in [0.4, 0.5) is 5.69 Å². The molecule has 21 heavy (non-hydrogen) atoms. The summed E-state index contributed by atoms with van der Waals surface area (Å²) in [4.78, 5) is 12.3. The fourth-order valence-corrected chi connectivity index (χ4v) is 3.15. The van der Waals surface area contributed by atoms with Crippen LogP contribution in [0.3, 0.4) is 0 Å². The van der Waals surface area contributed by atoms with Gasteiger partial charge >= 0.3 is 0 Å². The topological polar surface area (TPSA) is 55.1 Å². The Kier molecular flexibility index (Phi) is 6.00. The molecule has 3 nitrogen and oxygen atoms in total. The lowest BCUT2D eigenvalue weighted by Crippen LogP contribution is -2.15. The number of anilines is 1. The van der Waals surface area contributed by atoms with Gasteiger partial charge in [-0.15, -0.1) is 0 Å². The smallest absolute Gasteiger partial charge is 0.224 e.